The summed E-state index contributed by atoms with van der Waals surface area (Å²) in [5.74, 6) is -1.22. The number of esters is 5. The quantitative estimate of drug-likeness (QED) is 0.150. The van der Waals surface area contributed by atoms with E-state index in [2.05, 4.69) is 0 Å². The van der Waals surface area contributed by atoms with Gasteiger partial charge in [-0.2, -0.15) is 0 Å². The number of hydroxylamine groups is 2. The molecule has 14 saturated heterocycles. The van der Waals surface area contributed by atoms with Crippen LogP contribution in [0.4, 0.5) is 0 Å². The molecule has 0 aromatic carbocycles. The number of carbonyl (C=O) groups is 14. The smallest absolute Gasteiger partial charge is 0.329 e. The predicted molar refractivity (Wildman–Crippen MR) is 390 cm³/mol. The summed E-state index contributed by atoms with van der Waals surface area (Å²) in [5.41, 5.74) is -2.68. The number of ketones is 1. The minimum Gasteiger partial charge on any atom is -0.462 e. The van der Waals surface area contributed by atoms with Gasteiger partial charge in [0.25, 0.3) is 0 Å². The minimum absolute atomic E-state index is 0.00111. The molecule has 15 fully saturated rings. The molecule has 604 valence electrons. The van der Waals surface area contributed by atoms with E-state index in [-0.39, 0.29) is 160 Å². The molecule has 0 aromatic rings. The molecular formula is C77H123N7O22S. The maximum atomic E-state index is 12.1. The molecule has 0 N–H and O–H groups in total. The Labute approximate surface area is 632 Å². The fraction of sp³-hybridized carbons (Fsp3) is 0.818. The normalized spacial score (nSPS) is 27.5. The molecule has 0 spiro atoms. The van der Waals surface area contributed by atoms with Crippen LogP contribution in [0, 0.1) is 44.3 Å². The van der Waals surface area contributed by atoms with Crippen molar-refractivity contribution in [3.63, 3.8) is 0 Å². The van der Waals surface area contributed by atoms with Crippen molar-refractivity contribution in [2.24, 2.45) is 44.3 Å². The van der Waals surface area contributed by atoms with Crippen LogP contribution in [0.5, 0.6) is 0 Å². The van der Waals surface area contributed by atoms with E-state index in [1.54, 1.807) is 40.4 Å². The molecule has 0 aromatic heterocycles. The van der Waals surface area contributed by atoms with Crippen LogP contribution in [-0.4, -0.2) is 236 Å². The highest BCUT2D eigenvalue weighted by atomic mass is 32.2. The molecule has 11 atom stereocenters. The SMILES string of the molecule is CC(C)(C)C(=O)C1C[C@@H]2CC[C@H]1C(=O)O2.CC(C)(C)C(=O)N1CCC1=O.CC(C)(C)C(=O)N1CC[C@@H]2C[C@H]1C(=O)O2.CC(C)(C)C(=O)N1CC[C@H]2C[C@@H]1C(=O)O2.CC(C)(C)C(=O)N1C[C@@H]2C[C@H]1C(=O)O2.CC(C)(C)C(=O)N1C[C@H]2CC[C@@H]1C(=O)O2.CC(C)(C)ON1CCC1=O.CC(C)(C)S(=O)(=O)N1CCC1=O. The Bertz CT molecular complexity index is 3310. The number of ether oxygens (including phenoxy) is 5. The Hall–Kier alpha value is -7.11. The predicted octanol–water partition coefficient (Wildman–Crippen LogP) is 7.44. The third-order valence-corrected chi connectivity index (χ3v) is 22.5. The summed E-state index contributed by atoms with van der Waals surface area (Å²) in [4.78, 5) is 175. The van der Waals surface area contributed by atoms with E-state index in [0.717, 1.165) is 55.8 Å². The van der Waals surface area contributed by atoms with Crippen LogP contribution in [0.15, 0.2) is 0 Å². The summed E-state index contributed by atoms with van der Waals surface area (Å²) in [6, 6.07) is -1.29. The number of imide groups is 1. The van der Waals surface area contributed by atoms with Gasteiger partial charge in [0.1, 0.15) is 60.5 Å². The zero-order chi connectivity index (χ0) is 81.4. The highest BCUT2D eigenvalue weighted by Gasteiger charge is 2.53. The number of β-lactam (4-membered cyclic amide) rings is 3. The maximum Gasteiger partial charge on any atom is 0.329 e. The first kappa shape index (κ1) is 88.8. The third kappa shape index (κ3) is 22.3. The number of nitrogens with zero attached hydrogens (tertiary/aromatic N) is 7. The lowest BCUT2D eigenvalue weighted by atomic mass is 9.68. The van der Waals surface area contributed by atoms with Gasteiger partial charge in [-0.15, -0.1) is 0 Å². The number of hydrogen-bond donors (Lipinski definition) is 0. The number of carbonyl (C=O) groups excluding carboxylic acids is 14. The minimum atomic E-state index is -3.41. The standard InChI is InChI=1S/C12H18O3.3C11H17NO3.C10H15NO3.C8H13NO2.C7H13NO3S.C7H13NO2/c1-12(2,3)10(13)9-6-7-4-5-8(9)11(14)15-7;2*1-11(2,3)10(14)12-5-4-7-6-8(12)9(13)15-7;1-11(2,3)10(14)12-6-7-4-5-8(12)9(13)15-7;1-10(2,3)9(13)11-5-6-4-7(11)8(12)14-6;1-8(2,3)7(11)9-5-4-6(9)10;1-7(2,3)12(10,11)8-5-4-6(8)9;1-7(2,3)10-8-5-4-6(8)9/h7-9H,4-6H2,1-3H3;3*7-8H,4-6H2,1-3H3;6-7H,4-5H2,1-3H3;4-5H2,1-3H3;4-5H2,1-3H3;4-5H2,1-3H3/t7-,8+,9?;2*7-,8+;7-,8-;6-,7-;;;/m01010.../s1. The molecule has 14 aliphatic heterocycles. The van der Waals surface area contributed by atoms with Gasteiger partial charge in [0.05, 0.1) is 35.9 Å². The summed E-state index contributed by atoms with van der Waals surface area (Å²) in [6.45, 7) is 48.4. The topological polar surface area (TPSA) is 351 Å². The van der Waals surface area contributed by atoms with Gasteiger partial charge in [-0.25, -0.2) is 37.0 Å². The largest absolute Gasteiger partial charge is 0.462 e. The van der Waals surface area contributed by atoms with Gasteiger partial charge in [0, 0.05) is 116 Å². The first-order chi connectivity index (χ1) is 48.6. The van der Waals surface area contributed by atoms with Gasteiger partial charge < -0.3 is 43.3 Å². The second kappa shape index (κ2) is 33.2. The van der Waals surface area contributed by atoms with Gasteiger partial charge in [-0.3, -0.25) is 57.7 Å². The number of fused-ring (bicyclic) bond motifs is 12. The number of morpholine rings is 2. The average Bonchev–Trinajstić information content (AvgIpc) is 1.71. The van der Waals surface area contributed by atoms with E-state index in [0.29, 0.717) is 77.8 Å². The maximum absolute atomic E-state index is 12.1. The van der Waals surface area contributed by atoms with Crippen LogP contribution in [0.3, 0.4) is 0 Å². The number of rotatable bonds is 3. The number of piperidine rings is 3. The number of hydrogen-bond acceptors (Lipinski definition) is 22. The molecule has 30 heteroatoms. The van der Waals surface area contributed by atoms with E-state index in [1.165, 1.54) is 9.96 Å². The fourth-order valence-electron chi connectivity index (χ4n) is 13.7. The Morgan fingerprint density at radius 3 is 1.00 bits per heavy atom. The zero-order valence-corrected chi connectivity index (χ0v) is 68.8. The molecule has 1 aliphatic carbocycles. The molecule has 14 heterocycles. The summed E-state index contributed by atoms with van der Waals surface area (Å²) in [5, 5.41) is 1.42. The Morgan fingerprint density at radius 2 is 0.720 bits per heavy atom. The fourth-order valence-corrected chi connectivity index (χ4v) is 15.0. The summed E-state index contributed by atoms with van der Waals surface area (Å²) < 4.78 is 48.8. The van der Waals surface area contributed by atoms with Gasteiger partial charge in [0.15, 0.2) is 0 Å². The molecule has 15 rings (SSSR count). The van der Waals surface area contributed by atoms with Crippen LogP contribution in [0.2, 0.25) is 0 Å². The molecule has 1 unspecified atom stereocenters. The Balaban J connectivity index is 0.000000192. The zero-order valence-electron chi connectivity index (χ0n) is 68.0. The number of amides is 8. The van der Waals surface area contributed by atoms with Crippen molar-refractivity contribution >= 4 is 92.9 Å². The average molecular weight is 1530 g/mol. The van der Waals surface area contributed by atoms with Crippen LogP contribution < -0.4 is 0 Å². The molecular weight excluding hydrogens is 1410 g/mol. The second-order valence-corrected chi connectivity index (χ2v) is 40.5. The lowest BCUT2D eigenvalue weighted by Crippen LogP contribution is -2.61. The van der Waals surface area contributed by atoms with E-state index in [1.807, 2.05) is 145 Å². The van der Waals surface area contributed by atoms with Gasteiger partial charge in [-0.05, 0) is 73.6 Å². The van der Waals surface area contributed by atoms with E-state index in [4.69, 9.17) is 28.5 Å². The number of sulfonamides is 1. The first-order valence-electron chi connectivity index (χ1n) is 37.9. The molecule has 0 radical (unpaired) electrons. The Morgan fingerprint density at radius 1 is 0.355 bits per heavy atom. The van der Waals surface area contributed by atoms with Crippen molar-refractivity contribution in [2.75, 3.05) is 45.8 Å². The Kier molecular flexibility index (Phi) is 27.6. The van der Waals surface area contributed by atoms with Crippen LogP contribution >= 0.6 is 0 Å². The molecule has 10 bridgehead atoms. The van der Waals surface area contributed by atoms with Gasteiger partial charge in [-0.1, -0.05) is 125 Å². The van der Waals surface area contributed by atoms with Crippen LogP contribution in [-0.2, 0) is 106 Å². The van der Waals surface area contributed by atoms with Crippen LogP contribution in [0.25, 0.3) is 0 Å². The summed E-state index contributed by atoms with van der Waals surface area (Å²) in [7, 11) is -3.41. The van der Waals surface area contributed by atoms with Gasteiger partial charge >= 0.3 is 29.8 Å². The van der Waals surface area contributed by atoms with Crippen molar-refractivity contribution in [2.45, 2.75) is 315 Å². The van der Waals surface area contributed by atoms with E-state index < -0.39 is 41.8 Å². The van der Waals surface area contributed by atoms with Crippen molar-refractivity contribution < 1.29 is 104 Å². The molecule has 29 nitrogen and oxygen atoms in total. The van der Waals surface area contributed by atoms with Crippen molar-refractivity contribution in [1.82, 2.24) is 33.9 Å². The summed E-state index contributed by atoms with van der Waals surface area (Å²) in [6.07, 6.45) is 9.25. The van der Waals surface area contributed by atoms with Crippen molar-refractivity contribution in [3.8, 4) is 0 Å². The molecule has 8 amide bonds. The van der Waals surface area contributed by atoms with E-state index >= 15 is 0 Å². The highest BCUT2D eigenvalue weighted by Crippen LogP contribution is 2.43. The lowest BCUT2D eigenvalue weighted by Gasteiger charge is -2.45. The lowest BCUT2D eigenvalue weighted by molar-refractivity contribution is -0.246. The molecule has 15 aliphatic rings. The number of Topliss-reactive ketones (excluding diaryl/α,β-unsaturated/α-hetero) is 1. The van der Waals surface area contributed by atoms with Gasteiger partial charge in [0.2, 0.25) is 57.3 Å². The van der Waals surface area contributed by atoms with Crippen molar-refractivity contribution in [1.29, 1.82) is 0 Å². The summed E-state index contributed by atoms with van der Waals surface area (Å²) >= 11 is 0. The van der Waals surface area contributed by atoms with Crippen LogP contribution in [0.1, 0.15) is 250 Å². The first-order valence-corrected chi connectivity index (χ1v) is 39.3. The monoisotopic (exact) mass is 1530 g/mol. The molecule has 1 saturated carbocycles. The number of likely N-dealkylation sites (tertiary alicyclic amines) is 4. The second-order valence-electron chi connectivity index (χ2n) is 37.9. The molecule has 107 heavy (non-hydrogen) atoms. The van der Waals surface area contributed by atoms with E-state index in [9.17, 15) is 75.5 Å². The third-order valence-electron chi connectivity index (χ3n) is 20.0. The van der Waals surface area contributed by atoms with Crippen molar-refractivity contribution in [3.05, 3.63) is 0 Å². The highest BCUT2D eigenvalue weighted by molar-refractivity contribution is 7.91.